The molecule has 0 unspecified atom stereocenters. The molecule has 0 aliphatic rings. The van der Waals surface area contributed by atoms with Gasteiger partial charge >= 0.3 is 36.1 Å². The van der Waals surface area contributed by atoms with Gasteiger partial charge in [-0.2, -0.15) is 20.1 Å². The summed E-state index contributed by atoms with van der Waals surface area (Å²) in [7, 11) is 0. The molecule has 0 heterocycles. The van der Waals surface area contributed by atoms with Gasteiger partial charge in [-0.25, -0.2) is 0 Å². The standard InChI is InChI=1S/C8H5F4.BrH.Zn/c1-5-6(8(10,11)12)3-2-4-7(5)9;;/h2-4H,1H2;1H;/q-1;;+2/p-1. The van der Waals surface area contributed by atoms with E-state index < -0.39 is 23.1 Å². The molecule has 1 rings (SSSR count). The number of hydrogen-bond donors (Lipinski definition) is 0. The fraction of sp³-hybridized carbons (Fsp3) is 0.125. The Balaban J connectivity index is 0.000000791. The Morgan fingerprint density at radius 2 is 1.71 bits per heavy atom. The summed E-state index contributed by atoms with van der Waals surface area (Å²) in [5.41, 5.74) is -1.63. The van der Waals surface area contributed by atoms with E-state index in [4.69, 9.17) is 0 Å². The predicted molar refractivity (Wildman–Crippen MR) is 44.8 cm³/mol. The average molecular weight is 322 g/mol. The second-order valence-corrected chi connectivity index (χ2v) is 2.26. The van der Waals surface area contributed by atoms with Crippen LogP contribution in [0.4, 0.5) is 17.6 Å². The SMILES string of the molecule is [CH2-]c1c(F)cccc1C(F)(F)F.[Zn+][Br]. The van der Waals surface area contributed by atoms with E-state index in [0.29, 0.717) is 0 Å². The summed E-state index contributed by atoms with van der Waals surface area (Å²) in [4.78, 5) is 0. The molecule has 1 aromatic rings. The summed E-state index contributed by atoms with van der Waals surface area (Å²) < 4.78 is 48.6. The summed E-state index contributed by atoms with van der Waals surface area (Å²) in [5.74, 6) is -0.940. The van der Waals surface area contributed by atoms with E-state index in [1.807, 2.05) is 0 Å². The van der Waals surface area contributed by atoms with Crippen LogP contribution in [0.1, 0.15) is 11.1 Å². The van der Waals surface area contributed by atoms with Crippen LogP contribution in [0.5, 0.6) is 0 Å². The maximum absolute atomic E-state index is 12.5. The van der Waals surface area contributed by atoms with E-state index in [0.717, 1.165) is 18.2 Å². The molecule has 0 atom stereocenters. The van der Waals surface area contributed by atoms with Crippen LogP contribution in [0.3, 0.4) is 0 Å². The third-order valence-electron chi connectivity index (χ3n) is 1.42. The van der Waals surface area contributed by atoms with Gasteiger partial charge in [-0.3, -0.25) is 4.39 Å². The Morgan fingerprint density at radius 3 is 2.07 bits per heavy atom. The van der Waals surface area contributed by atoms with Crippen molar-refractivity contribution in [1.29, 1.82) is 0 Å². The van der Waals surface area contributed by atoms with Crippen molar-refractivity contribution in [2.24, 2.45) is 0 Å². The summed E-state index contributed by atoms with van der Waals surface area (Å²) in [6.45, 7) is 2.99. The van der Waals surface area contributed by atoms with Crippen molar-refractivity contribution in [1.82, 2.24) is 0 Å². The van der Waals surface area contributed by atoms with Crippen molar-refractivity contribution in [2.45, 2.75) is 6.18 Å². The molecule has 0 fully saturated rings. The van der Waals surface area contributed by atoms with Gasteiger partial charge in [0.2, 0.25) is 0 Å². The number of halogens is 5. The van der Waals surface area contributed by atoms with Gasteiger partial charge in [0.05, 0.1) is 0 Å². The van der Waals surface area contributed by atoms with Crippen LogP contribution in [-0.4, -0.2) is 0 Å². The molecule has 0 saturated heterocycles. The average Bonchev–Trinajstić information content (AvgIpc) is 2.11. The zero-order valence-electron chi connectivity index (χ0n) is 7.04. The topological polar surface area (TPSA) is 0 Å². The summed E-state index contributed by atoms with van der Waals surface area (Å²) in [6, 6.07) is 2.75. The van der Waals surface area contributed by atoms with E-state index in [1.165, 1.54) is 16.3 Å². The van der Waals surface area contributed by atoms with E-state index in [1.54, 1.807) is 0 Å². The molecule has 0 saturated carbocycles. The van der Waals surface area contributed by atoms with E-state index in [2.05, 4.69) is 20.5 Å². The molecule has 0 aliphatic heterocycles. The predicted octanol–water partition coefficient (Wildman–Crippen LogP) is 3.87. The molecule has 0 N–H and O–H groups in total. The number of benzene rings is 1. The first-order valence-corrected chi connectivity index (χ1v) is 10.3. The summed E-state index contributed by atoms with van der Waals surface area (Å²) in [5, 5.41) is 0. The Hall–Kier alpha value is -0.0866. The van der Waals surface area contributed by atoms with Crippen LogP contribution in [0.25, 0.3) is 0 Å². The summed E-state index contributed by atoms with van der Waals surface area (Å²) in [6.07, 6.45) is -4.53. The monoisotopic (exact) mass is 320 g/mol. The second-order valence-electron chi connectivity index (χ2n) is 2.26. The quantitative estimate of drug-likeness (QED) is 0.386. The van der Waals surface area contributed by atoms with Crippen LogP contribution in [0.15, 0.2) is 18.2 Å². The van der Waals surface area contributed by atoms with E-state index in [-0.39, 0.29) is 0 Å². The number of alkyl halides is 3. The van der Waals surface area contributed by atoms with Crippen LogP contribution in [-0.2, 0) is 22.5 Å². The maximum atomic E-state index is 12.5. The normalized spacial score (nSPS) is 10.5. The number of rotatable bonds is 0. The van der Waals surface area contributed by atoms with Gasteiger partial charge in [-0.1, -0.05) is 12.1 Å². The molecule has 0 bridgehead atoms. The third kappa shape index (κ3) is 3.58. The Kier molecular flexibility index (Phi) is 5.68. The molecule has 1 aromatic carbocycles. The Labute approximate surface area is 95.7 Å². The first-order valence-electron chi connectivity index (χ1n) is 3.37. The van der Waals surface area contributed by atoms with Crippen LogP contribution in [0.2, 0.25) is 0 Å². The van der Waals surface area contributed by atoms with Gasteiger partial charge < -0.3 is 0 Å². The minimum atomic E-state index is -4.53. The van der Waals surface area contributed by atoms with Gasteiger partial charge in [0.15, 0.2) is 0 Å². The molecule has 0 spiro atoms. The zero-order valence-corrected chi connectivity index (χ0v) is 11.6. The third-order valence-corrected chi connectivity index (χ3v) is 1.42. The molecule has 14 heavy (non-hydrogen) atoms. The van der Waals surface area contributed by atoms with Crippen molar-refractivity contribution in [3.8, 4) is 0 Å². The van der Waals surface area contributed by atoms with Gasteiger partial charge in [0, 0.05) is 5.82 Å². The first-order chi connectivity index (χ1) is 6.43. The molecule has 6 heteroatoms. The molecule has 0 nitrogen and oxygen atoms in total. The van der Waals surface area contributed by atoms with E-state index >= 15 is 0 Å². The van der Waals surface area contributed by atoms with Gasteiger partial charge in [-0.15, -0.1) is 11.6 Å². The Bertz CT molecular complexity index is 298. The van der Waals surface area contributed by atoms with Gasteiger partial charge in [-0.05, 0) is 5.56 Å². The fourth-order valence-corrected chi connectivity index (χ4v) is 0.824. The van der Waals surface area contributed by atoms with Crippen LogP contribution < -0.4 is 0 Å². The van der Waals surface area contributed by atoms with Crippen molar-refractivity contribution >= 4 is 13.6 Å². The molecule has 0 aromatic heterocycles. The van der Waals surface area contributed by atoms with Crippen molar-refractivity contribution in [3.05, 3.63) is 42.1 Å². The molecule has 0 radical (unpaired) electrons. The van der Waals surface area contributed by atoms with Gasteiger partial charge in [0.25, 0.3) is 0 Å². The molecule has 0 aliphatic carbocycles. The van der Waals surface area contributed by atoms with Crippen LogP contribution in [0, 0.1) is 12.7 Å². The first kappa shape index (κ1) is 13.9. The Morgan fingerprint density at radius 1 is 1.21 bits per heavy atom. The molecular formula is C8H5BrF4Zn. The number of hydrogen-bond acceptors (Lipinski definition) is 0. The van der Waals surface area contributed by atoms with E-state index in [9.17, 15) is 17.6 Å². The second kappa shape index (κ2) is 5.71. The molecular weight excluding hydrogens is 317 g/mol. The molecule has 0 amide bonds. The fourth-order valence-electron chi connectivity index (χ4n) is 0.824. The minimum absolute atomic E-state index is 0.606. The van der Waals surface area contributed by atoms with Crippen molar-refractivity contribution < 1.29 is 33.9 Å². The zero-order chi connectivity index (χ0) is 11.4. The molecule has 74 valence electrons. The van der Waals surface area contributed by atoms with Gasteiger partial charge in [0.1, 0.15) is 0 Å². The summed E-state index contributed by atoms with van der Waals surface area (Å²) >= 11 is 4.25. The van der Waals surface area contributed by atoms with Crippen molar-refractivity contribution in [3.63, 3.8) is 0 Å². The van der Waals surface area contributed by atoms with Crippen LogP contribution >= 0.6 is 13.6 Å². The van der Waals surface area contributed by atoms with Crippen molar-refractivity contribution in [2.75, 3.05) is 0 Å².